The first kappa shape index (κ1) is 16.7. The van der Waals surface area contributed by atoms with E-state index >= 15 is 0 Å². The van der Waals surface area contributed by atoms with E-state index in [0.29, 0.717) is 11.6 Å². The normalized spacial score (nSPS) is 21.8. The molecule has 112 valence electrons. The van der Waals surface area contributed by atoms with Crippen LogP contribution in [0.5, 0.6) is 0 Å². The summed E-state index contributed by atoms with van der Waals surface area (Å²) in [5.41, 5.74) is 0.304. The van der Waals surface area contributed by atoms with E-state index in [1.165, 1.54) is 51.6 Å². The Morgan fingerprint density at radius 2 is 1.95 bits per heavy atom. The third kappa shape index (κ3) is 4.61. The van der Waals surface area contributed by atoms with Gasteiger partial charge in [-0.2, -0.15) is 0 Å². The summed E-state index contributed by atoms with van der Waals surface area (Å²) in [6, 6.07) is 0.591. The Labute approximate surface area is 120 Å². The molecular formula is C17H34N2. The van der Waals surface area contributed by atoms with E-state index in [9.17, 15) is 0 Å². The molecule has 0 aromatic rings. The Kier molecular flexibility index (Phi) is 7.70. The van der Waals surface area contributed by atoms with Gasteiger partial charge in [0.2, 0.25) is 0 Å². The van der Waals surface area contributed by atoms with Crippen molar-refractivity contribution in [3.8, 4) is 0 Å². The van der Waals surface area contributed by atoms with Crippen LogP contribution in [0.4, 0.5) is 0 Å². The minimum absolute atomic E-state index is 0.304. The molecule has 0 bridgehead atoms. The standard InChI is InChI=1S/C17H34N2/c1-5-8-12-16(18-13-6-2)17(4,7-3)19-14-10-9-11-15-19/h5,16,18H,1,6-15H2,2-4H3. The predicted octanol–water partition coefficient (Wildman–Crippen LogP) is 3.98. The van der Waals surface area contributed by atoms with E-state index in [-0.39, 0.29) is 0 Å². The molecule has 1 fully saturated rings. The van der Waals surface area contributed by atoms with Crippen LogP contribution < -0.4 is 5.32 Å². The number of hydrogen-bond acceptors (Lipinski definition) is 2. The van der Waals surface area contributed by atoms with Crippen molar-refractivity contribution in [3.63, 3.8) is 0 Å². The molecule has 2 nitrogen and oxygen atoms in total. The van der Waals surface area contributed by atoms with E-state index in [1.54, 1.807) is 0 Å². The first-order valence-electron chi connectivity index (χ1n) is 8.28. The van der Waals surface area contributed by atoms with Crippen LogP contribution in [0.1, 0.15) is 65.7 Å². The van der Waals surface area contributed by atoms with Crippen LogP contribution in [0.15, 0.2) is 12.7 Å². The lowest BCUT2D eigenvalue weighted by atomic mass is 9.83. The van der Waals surface area contributed by atoms with Gasteiger partial charge in [-0.25, -0.2) is 0 Å². The molecule has 0 radical (unpaired) electrons. The van der Waals surface area contributed by atoms with Crippen molar-refractivity contribution in [2.75, 3.05) is 19.6 Å². The fraction of sp³-hybridized carbons (Fsp3) is 0.882. The molecular weight excluding hydrogens is 232 g/mol. The smallest absolute Gasteiger partial charge is 0.0331 e. The zero-order valence-electron chi connectivity index (χ0n) is 13.4. The second-order valence-electron chi connectivity index (χ2n) is 6.13. The van der Waals surface area contributed by atoms with Crippen molar-refractivity contribution in [2.45, 2.75) is 77.3 Å². The number of nitrogens with zero attached hydrogens (tertiary/aromatic N) is 1. The van der Waals surface area contributed by atoms with Gasteiger partial charge in [-0.3, -0.25) is 4.90 Å². The van der Waals surface area contributed by atoms with Gasteiger partial charge in [0, 0.05) is 11.6 Å². The topological polar surface area (TPSA) is 15.3 Å². The molecule has 0 saturated carbocycles. The van der Waals surface area contributed by atoms with Crippen LogP contribution >= 0.6 is 0 Å². The van der Waals surface area contributed by atoms with Gasteiger partial charge in [0.1, 0.15) is 0 Å². The van der Waals surface area contributed by atoms with E-state index in [0.717, 1.165) is 13.0 Å². The van der Waals surface area contributed by atoms with E-state index in [1.807, 2.05) is 0 Å². The summed E-state index contributed by atoms with van der Waals surface area (Å²) in [5.74, 6) is 0. The Hall–Kier alpha value is -0.340. The van der Waals surface area contributed by atoms with Gasteiger partial charge in [-0.1, -0.05) is 26.3 Å². The second kappa shape index (κ2) is 8.76. The average molecular weight is 266 g/mol. The zero-order valence-corrected chi connectivity index (χ0v) is 13.4. The summed E-state index contributed by atoms with van der Waals surface area (Å²) in [6.45, 7) is 14.7. The van der Waals surface area contributed by atoms with E-state index < -0.39 is 0 Å². The molecule has 19 heavy (non-hydrogen) atoms. The molecule has 2 heteroatoms. The minimum Gasteiger partial charge on any atom is -0.312 e. The van der Waals surface area contributed by atoms with Gasteiger partial charge < -0.3 is 5.32 Å². The van der Waals surface area contributed by atoms with Gasteiger partial charge in [-0.05, 0) is 65.1 Å². The SMILES string of the molecule is C=CCCC(NCCC)C(C)(CC)N1CCCCC1. The van der Waals surface area contributed by atoms with Gasteiger partial charge in [-0.15, -0.1) is 6.58 Å². The highest BCUT2D eigenvalue weighted by molar-refractivity contribution is 4.98. The van der Waals surface area contributed by atoms with Gasteiger partial charge in [0.05, 0.1) is 0 Å². The summed E-state index contributed by atoms with van der Waals surface area (Å²) < 4.78 is 0. The van der Waals surface area contributed by atoms with Crippen LogP contribution in [0.3, 0.4) is 0 Å². The van der Waals surface area contributed by atoms with Gasteiger partial charge in [0.15, 0.2) is 0 Å². The van der Waals surface area contributed by atoms with Crippen LogP contribution in [-0.2, 0) is 0 Å². The minimum atomic E-state index is 0.304. The number of likely N-dealkylation sites (tertiary alicyclic amines) is 1. The van der Waals surface area contributed by atoms with Crippen LogP contribution in [0.2, 0.25) is 0 Å². The Morgan fingerprint density at radius 1 is 1.26 bits per heavy atom. The Morgan fingerprint density at radius 3 is 2.47 bits per heavy atom. The van der Waals surface area contributed by atoms with Crippen LogP contribution in [-0.4, -0.2) is 36.1 Å². The lowest BCUT2D eigenvalue weighted by Crippen LogP contribution is -2.60. The molecule has 1 aliphatic rings. The maximum Gasteiger partial charge on any atom is 0.0331 e. The first-order valence-corrected chi connectivity index (χ1v) is 8.28. The van der Waals surface area contributed by atoms with Crippen LogP contribution in [0.25, 0.3) is 0 Å². The average Bonchev–Trinajstić information content (AvgIpc) is 2.47. The highest BCUT2D eigenvalue weighted by Gasteiger charge is 2.37. The summed E-state index contributed by atoms with van der Waals surface area (Å²) in [7, 11) is 0. The van der Waals surface area contributed by atoms with Crippen molar-refractivity contribution in [2.24, 2.45) is 0 Å². The van der Waals surface area contributed by atoms with Crippen molar-refractivity contribution < 1.29 is 0 Å². The van der Waals surface area contributed by atoms with Crippen molar-refractivity contribution in [3.05, 3.63) is 12.7 Å². The number of allylic oxidation sites excluding steroid dienone is 1. The largest absolute Gasteiger partial charge is 0.312 e. The van der Waals surface area contributed by atoms with Crippen molar-refractivity contribution in [1.82, 2.24) is 10.2 Å². The third-order valence-electron chi connectivity index (χ3n) is 4.85. The first-order chi connectivity index (χ1) is 9.19. The Balaban J connectivity index is 2.74. The molecule has 2 unspecified atom stereocenters. The number of hydrogen-bond donors (Lipinski definition) is 1. The summed E-state index contributed by atoms with van der Waals surface area (Å²) >= 11 is 0. The third-order valence-corrected chi connectivity index (χ3v) is 4.85. The molecule has 1 rings (SSSR count). The van der Waals surface area contributed by atoms with Crippen molar-refractivity contribution >= 4 is 0 Å². The van der Waals surface area contributed by atoms with Gasteiger partial charge >= 0.3 is 0 Å². The van der Waals surface area contributed by atoms with E-state index in [2.05, 4.69) is 43.6 Å². The number of rotatable bonds is 9. The highest BCUT2D eigenvalue weighted by atomic mass is 15.2. The zero-order chi connectivity index (χ0) is 14.1. The maximum absolute atomic E-state index is 3.89. The lowest BCUT2D eigenvalue weighted by molar-refractivity contribution is 0.0405. The van der Waals surface area contributed by atoms with Crippen LogP contribution in [0, 0.1) is 0 Å². The fourth-order valence-corrected chi connectivity index (χ4v) is 3.33. The van der Waals surface area contributed by atoms with Gasteiger partial charge in [0.25, 0.3) is 0 Å². The predicted molar refractivity (Wildman–Crippen MR) is 85.6 cm³/mol. The van der Waals surface area contributed by atoms with E-state index in [4.69, 9.17) is 0 Å². The summed E-state index contributed by atoms with van der Waals surface area (Å²) in [6.07, 6.45) is 11.0. The summed E-state index contributed by atoms with van der Waals surface area (Å²) in [5, 5.41) is 3.80. The number of nitrogens with one attached hydrogen (secondary N) is 1. The molecule has 0 aromatic carbocycles. The molecule has 1 saturated heterocycles. The molecule has 1 heterocycles. The molecule has 0 amide bonds. The van der Waals surface area contributed by atoms with Crippen molar-refractivity contribution in [1.29, 1.82) is 0 Å². The summed E-state index contributed by atoms with van der Waals surface area (Å²) in [4.78, 5) is 2.74. The molecule has 0 aromatic heterocycles. The lowest BCUT2D eigenvalue weighted by Gasteiger charge is -2.48. The molecule has 1 aliphatic heterocycles. The molecule has 0 spiro atoms. The quantitative estimate of drug-likeness (QED) is 0.635. The number of piperidine rings is 1. The molecule has 0 aliphatic carbocycles. The second-order valence-corrected chi connectivity index (χ2v) is 6.13. The Bertz CT molecular complexity index is 246. The highest BCUT2D eigenvalue weighted by Crippen LogP contribution is 2.29. The maximum atomic E-state index is 3.89. The molecule has 1 N–H and O–H groups in total. The fourth-order valence-electron chi connectivity index (χ4n) is 3.33. The monoisotopic (exact) mass is 266 g/mol. The molecule has 2 atom stereocenters.